The van der Waals surface area contributed by atoms with E-state index >= 15 is 0 Å². The van der Waals surface area contributed by atoms with E-state index in [1.165, 1.54) is 25.3 Å². The van der Waals surface area contributed by atoms with Crippen LogP contribution in [0.25, 0.3) is 0 Å². The Kier molecular flexibility index (Phi) is 6.24. The summed E-state index contributed by atoms with van der Waals surface area (Å²) in [5, 5.41) is 8.48. The molecule has 0 bridgehead atoms. The highest BCUT2D eigenvalue weighted by Gasteiger charge is 2.27. The van der Waals surface area contributed by atoms with Crippen LogP contribution in [0.5, 0.6) is 6.01 Å². The lowest BCUT2D eigenvalue weighted by atomic mass is 10.1. The first-order valence-corrected chi connectivity index (χ1v) is 10.5. The molecule has 0 aliphatic rings. The molecule has 0 saturated carbocycles. The predicted octanol–water partition coefficient (Wildman–Crippen LogP) is 3.39. The Morgan fingerprint density at radius 2 is 1.82 bits per heavy atom. The van der Waals surface area contributed by atoms with E-state index in [2.05, 4.69) is 14.9 Å². The lowest BCUT2D eigenvalue weighted by Gasteiger charge is -2.18. The second-order valence-corrected chi connectivity index (χ2v) is 8.57. The van der Waals surface area contributed by atoms with Gasteiger partial charge in [-0.15, -0.1) is 5.10 Å². The zero-order valence-corrected chi connectivity index (χ0v) is 17.5. The van der Waals surface area contributed by atoms with Crippen molar-refractivity contribution in [2.24, 2.45) is 7.05 Å². The molecule has 1 atom stereocenters. The molecule has 0 aliphatic heterocycles. The Balaban J connectivity index is 1.98. The Bertz CT molecular complexity index is 1070. The molecule has 2 aromatic carbocycles. The summed E-state index contributed by atoms with van der Waals surface area (Å²) in [6.45, 7) is 0. The molecule has 28 heavy (non-hydrogen) atoms. The average Bonchev–Trinajstić information content (AvgIpc) is 3.04. The minimum Gasteiger partial charge on any atom is -0.467 e. The van der Waals surface area contributed by atoms with Crippen molar-refractivity contribution in [3.8, 4) is 6.01 Å². The van der Waals surface area contributed by atoms with Crippen molar-refractivity contribution < 1.29 is 13.2 Å². The van der Waals surface area contributed by atoms with E-state index in [4.69, 9.17) is 27.9 Å². The quantitative estimate of drug-likeness (QED) is 0.608. The summed E-state index contributed by atoms with van der Waals surface area (Å²) in [5.41, 5.74) is 0.936. The van der Waals surface area contributed by atoms with Crippen molar-refractivity contribution >= 4 is 33.2 Å². The molecule has 3 rings (SSSR count). The molecule has 1 aromatic heterocycles. The summed E-state index contributed by atoms with van der Waals surface area (Å²) in [6, 6.07) is 13.2. The van der Waals surface area contributed by atoms with Gasteiger partial charge in [0.05, 0.1) is 28.1 Å². The van der Waals surface area contributed by atoms with E-state index in [-0.39, 0.29) is 21.0 Å². The average molecular weight is 441 g/mol. The minimum atomic E-state index is -3.90. The molecular formula is C18H18Cl2N4O3S. The third-order valence-electron chi connectivity index (χ3n) is 4.14. The standard InChI is InChI=1S/C18H18Cl2N4O3S/c1-24-17(21-22-18(24)27-2)16(10-12-6-4-3-5-7-12)23-28(25,26)13-8-9-14(19)15(20)11-13/h3-9,11,16,23H,10H2,1-2H3/t16-/m1/s1. The Hall–Kier alpha value is -2.13. The van der Waals surface area contributed by atoms with Gasteiger partial charge < -0.3 is 4.74 Å². The van der Waals surface area contributed by atoms with E-state index < -0.39 is 16.1 Å². The molecule has 0 aliphatic carbocycles. The number of benzene rings is 2. The lowest BCUT2D eigenvalue weighted by molar-refractivity contribution is 0.361. The zero-order chi connectivity index (χ0) is 20.3. The number of sulfonamides is 1. The maximum Gasteiger partial charge on any atom is 0.316 e. The SMILES string of the molecule is COc1nnc([C@@H](Cc2ccccc2)NS(=O)(=O)c2ccc(Cl)c(Cl)c2)n1C. The number of ether oxygens (including phenoxy) is 1. The van der Waals surface area contributed by atoms with E-state index in [1.54, 1.807) is 11.6 Å². The Labute approximate surface area is 173 Å². The molecular weight excluding hydrogens is 423 g/mol. The molecule has 1 heterocycles. The molecule has 1 N–H and O–H groups in total. The second kappa shape index (κ2) is 8.48. The molecule has 0 unspecified atom stereocenters. The van der Waals surface area contributed by atoms with Gasteiger partial charge in [-0.25, -0.2) is 13.1 Å². The minimum absolute atomic E-state index is 0.00842. The van der Waals surface area contributed by atoms with Gasteiger partial charge in [0.15, 0.2) is 5.82 Å². The highest BCUT2D eigenvalue weighted by molar-refractivity contribution is 7.89. The van der Waals surface area contributed by atoms with Crippen LogP contribution in [0.2, 0.25) is 10.0 Å². The fraction of sp³-hybridized carbons (Fsp3) is 0.222. The number of methoxy groups -OCH3 is 1. The van der Waals surface area contributed by atoms with Crippen LogP contribution >= 0.6 is 23.2 Å². The number of halogens is 2. The van der Waals surface area contributed by atoms with Crippen molar-refractivity contribution in [2.75, 3.05) is 7.11 Å². The van der Waals surface area contributed by atoms with Crippen LogP contribution in [0.3, 0.4) is 0 Å². The maximum absolute atomic E-state index is 13.0. The van der Waals surface area contributed by atoms with Crippen LogP contribution in [0.15, 0.2) is 53.4 Å². The van der Waals surface area contributed by atoms with Gasteiger partial charge in [-0.3, -0.25) is 4.57 Å². The van der Waals surface area contributed by atoms with Crippen molar-refractivity contribution in [3.05, 3.63) is 70.0 Å². The summed E-state index contributed by atoms with van der Waals surface area (Å²) >= 11 is 11.9. The third-order valence-corrected chi connectivity index (χ3v) is 6.35. The van der Waals surface area contributed by atoms with E-state index in [1.807, 2.05) is 30.3 Å². The van der Waals surface area contributed by atoms with Gasteiger partial charge in [0.2, 0.25) is 10.0 Å². The van der Waals surface area contributed by atoms with Gasteiger partial charge in [-0.05, 0) is 30.2 Å². The topological polar surface area (TPSA) is 86.1 Å². The van der Waals surface area contributed by atoms with Crippen LogP contribution in [-0.2, 0) is 23.5 Å². The first-order chi connectivity index (χ1) is 13.3. The number of hydrogen-bond donors (Lipinski definition) is 1. The van der Waals surface area contributed by atoms with Gasteiger partial charge in [0.1, 0.15) is 0 Å². The smallest absolute Gasteiger partial charge is 0.316 e. The van der Waals surface area contributed by atoms with Gasteiger partial charge in [0, 0.05) is 7.05 Å². The third kappa shape index (κ3) is 4.47. The highest BCUT2D eigenvalue weighted by Crippen LogP contribution is 2.27. The number of hydrogen-bond acceptors (Lipinski definition) is 5. The molecule has 0 radical (unpaired) electrons. The predicted molar refractivity (Wildman–Crippen MR) is 107 cm³/mol. The highest BCUT2D eigenvalue weighted by atomic mass is 35.5. The van der Waals surface area contributed by atoms with Crippen molar-refractivity contribution in [3.63, 3.8) is 0 Å². The lowest BCUT2D eigenvalue weighted by Crippen LogP contribution is -2.32. The molecule has 3 aromatic rings. The summed E-state index contributed by atoms with van der Waals surface area (Å²) in [6.07, 6.45) is 0.372. The van der Waals surface area contributed by atoms with Gasteiger partial charge >= 0.3 is 6.01 Å². The van der Waals surface area contributed by atoms with Crippen molar-refractivity contribution in [1.82, 2.24) is 19.5 Å². The van der Waals surface area contributed by atoms with Crippen LogP contribution in [0.4, 0.5) is 0 Å². The van der Waals surface area contributed by atoms with E-state index in [0.717, 1.165) is 5.56 Å². The van der Waals surface area contributed by atoms with Crippen molar-refractivity contribution in [1.29, 1.82) is 0 Å². The molecule has 7 nitrogen and oxygen atoms in total. The Morgan fingerprint density at radius 3 is 2.43 bits per heavy atom. The number of nitrogens with zero attached hydrogens (tertiary/aromatic N) is 3. The fourth-order valence-corrected chi connectivity index (χ4v) is 4.32. The molecule has 0 saturated heterocycles. The molecule has 0 spiro atoms. The zero-order valence-electron chi connectivity index (χ0n) is 15.1. The van der Waals surface area contributed by atoms with Gasteiger partial charge in [-0.2, -0.15) is 0 Å². The number of rotatable bonds is 7. The van der Waals surface area contributed by atoms with E-state index in [0.29, 0.717) is 12.2 Å². The van der Waals surface area contributed by atoms with Crippen LogP contribution < -0.4 is 9.46 Å². The van der Waals surface area contributed by atoms with Gasteiger partial charge in [0.25, 0.3) is 0 Å². The molecule has 10 heteroatoms. The fourth-order valence-electron chi connectivity index (χ4n) is 2.74. The van der Waals surface area contributed by atoms with E-state index in [9.17, 15) is 8.42 Å². The summed E-state index contributed by atoms with van der Waals surface area (Å²) < 4.78 is 35.4. The second-order valence-electron chi connectivity index (χ2n) is 6.04. The summed E-state index contributed by atoms with van der Waals surface area (Å²) in [4.78, 5) is 0.00842. The molecule has 0 amide bonds. The molecule has 148 valence electrons. The van der Waals surface area contributed by atoms with Crippen LogP contribution in [-0.4, -0.2) is 30.3 Å². The number of aromatic nitrogens is 3. The largest absolute Gasteiger partial charge is 0.467 e. The monoisotopic (exact) mass is 440 g/mol. The molecule has 0 fully saturated rings. The maximum atomic E-state index is 13.0. The normalized spacial score (nSPS) is 12.7. The number of nitrogens with one attached hydrogen (secondary N) is 1. The van der Waals surface area contributed by atoms with Gasteiger partial charge in [-0.1, -0.05) is 58.6 Å². The van der Waals surface area contributed by atoms with Crippen molar-refractivity contribution in [2.45, 2.75) is 17.4 Å². The summed E-state index contributed by atoms with van der Waals surface area (Å²) in [7, 11) is -0.716. The Morgan fingerprint density at radius 1 is 1.11 bits per heavy atom. The first kappa shape index (κ1) is 20.6. The summed E-state index contributed by atoms with van der Waals surface area (Å²) in [5.74, 6) is 0.421. The van der Waals surface area contributed by atoms with Crippen LogP contribution in [0.1, 0.15) is 17.4 Å². The first-order valence-electron chi connectivity index (χ1n) is 8.26. The van der Waals surface area contributed by atoms with Crippen LogP contribution in [0, 0.1) is 0 Å².